The largest absolute Gasteiger partial charge is 0.461 e. The average Bonchev–Trinajstić information content (AvgIpc) is 2.44. The van der Waals surface area contributed by atoms with Gasteiger partial charge >= 0.3 is 5.97 Å². The fourth-order valence-electron chi connectivity index (χ4n) is 1.34. The first-order chi connectivity index (χ1) is 6.61. The van der Waals surface area contributed by atoms with Crippen molar-refractivity contribution in [3.05, 3.63) is 16.2 Å². The van der Waals surface area contributed by atoms with E-state index in [1.165, 1.54) is 0 Å². The average molecular weight is 214 g/mol. The highest BCUT2D eigenvalue weighted by Gasteiger charge is 2.16. The topological polar surface area (TPSA) is 47.0 Å². The van der Waals surface area contributed by atoms with E-state index in [4.69, 9.17) is 17.0 Å². The Bertz CT molecular complexity index is 392. The van der Waals surface area contributed by atoms with E-state index in [0.29, 0.717) is 17.1 Å². The van der Waals surface area contributed by atoms with E-state index in [-0.39, 0.29) is 5.97 Å². The zero-order valence-electron chi connectivity index (χ0n) is 8.59. The van der Waals surface area contributed by atoms with Gasteiger partial charge in [-0.15, -0.1) is 0 Å². The number of hydrogen-bond donors (Lipinski definition) is 1. The summed E-state index contributed by atoms with van der Waals surface area (Å²) < 4.78 is 7.25. The lowest BCUT2D eigenvalue weighted by molar-refractivity contribution is 0.0518. The lowest BCUT2D eigenvalue weighted by atomic mass is 10.2. The molecule has 0 aliphatic heterocycles. The molecule has 0 fully saturated rings. The van der Waals surface area contributed by atoms with Crippen LogP contribution in [0.4, 0.5) is 0 Å². The van der Waals surface area contributed by atoms with E-state index in [1.54, 1.807) is 11.5 Å². The predicted molar refractivity (Wildman–Crippen MR) is 55.9 cm³/mol. The molecule has 1 aromatic heterocycles. The van der Waals surface area contributed by atoms with Crippen molar-refractivity contribution in [3.63, 3.8) is 0 Å². The van der Waals surface area contributed by atoms with Crippen molar-refractivity contribution in [2.45, 2.75) is 20.3 Å². The zero-order valence-corrected chi connectivity index (χ0v) is 9.40. The number of imidazole rings is 1. The van der Waals surface area contributed by atoms with Gasteiger partial charge in [-0.2, -0.15) is 0 Å². The van der Waals surface area contributed by atoms with Crippen LogP contribution in [0.2, 0.25) is 0 Å². The van der Waals surface area contributed by atoms with Gasteiger partial charge < -0.3 is 14.3 Å². The molecule has 0 saturated heterocycles. The van der Waals surface area contributed by atoms with E-state index in [2.05, 4.69) is 4.98 Å². The van der Waals surface area contributed by atoms with Gasteiger partial charge in [0.1, 0.15) is 5.69 Å². The van der Waals surface area contributed by atoms with Gasteiger partial charge in [0, 0.05) is 7.05 Å². The van der Waals surface area contributed by atoms with Crippen molar-refractivity contribution in [2.75, 3.05) is 6.61 Å². The number of H-pyrrole nitrogens is 1. The molecular weight excluding hydrogens is 200 g/mol. The van der Waals surface area contributed by atoms with Crippen molar-refractivity contribution in [1.29, 1.82) is 0 Å². The van der Waals surface area contributed by atoms with Gasteiger partial charge in [0.25, 0.3) is 0 Å². The van der Waals surface area contributed by atoms with Crippen molar-refractivity contribution < 1.29 is 9.53 Å². The van der Waals surface area contributed by atoms with E-state index >= 15 is 0 Å². The normalized spacial score (nSPS) is 10.2. The first-order valence-electron chi connectivity index (χ1n) is 4.56. The molecule has 0 aromatic carbocycles. The molecule has 14 heavy (non-hydrogen) atoms. The molecule has 78 valence electrons. The Kier molecular flexibility index (Phi) is 3.46. The van der Waals surface area contributed by atoms with E-state index in [0.717, 1.165) is 12.1 Å². The number of aromatic nitrogens is 2. The van der Waals surface area contributed by atoms with Crippen LogP contribution < -0.4 is 0 Å². The second kappa shape index (κ2) is 4.41. The summed E-state index contributed by atoms with van der Waals surface area (Å²) >= 11 is 5.03. The highest BCUT2D eigenvalue weighted by atomic mass is 32.1. The lowest BCUT2D eigenvalue weighted by Crippen LogP contribution is -2.09. The van der Waals surface area contributed by atoms with E-state index in [1.807, 2.05) is 14.0 Å². The van der Waals surface area contributed by atoms with Crippen molar-refractivity contribution in [1.82, 2.24) is 9.55 Å². The first-order valence-corrected chi connectivity index (χ1v) is 4.97. The SMILES string of the molecule is CCOC(=O)c1[nH]c(=S)n(C)c1CC. The molecule has 0 spiro atoms. The Hall–Kier alpha value is -1.10. The molecule has 0 aliphatic rings. The monoisotopic (exact) mass is 214 g/mol. The predicted octanol–water partition coefficient (Wildman–Crippen LogP) is 1.82. The molecule has 0 aliphatic carbocycles. The maximum Gasteiger partial charge on any atom is 0.356 e. The van der Waals surface area contributed by atoms with Crippen LogP contribution in [0, 0.1) is 4.77 Å². The number of carbonyl (C=O) groups is 1. The van der Waals surface area contributed by atoms with Crippen LogP contribution in [0.5, 0.6) is 0 Å². The summed E-state index contributed by atoms with van der Waals surface area (Å²) in [5, 5.41) is 0. The summed E-state index contributed by atoms with van der Waals surface area (Å²) in [6.45, 7) is 4.12. The number of ether oxygens (including phenoxy) is 1. The second-order valence-electron chi connectivity index (χ2n) is 2.88. The molecule has 0 bridgehead atoms. The molecule has 0 radical (unpaired) electrons. The van der Waals surface area contributed by atoms with Crippen LogP contribution in [0.3, 0.4) is 0 Å². The molecule has 0 unspecified atom stereocenters. The van der Waals surface area contributed by atoms with Crippen LogP contribution in [0.25, 0.3) is 0 Å². The van der Waals surface area contributed by atoms with Crippen LogP contribution in [-0.2, 0) is 18.2 Å². The molecular formula is C9H14N2O2S. The Morgan fingerprint density at radius 2 is 2.21 bits per heavy atom. The number of nitrogens with one attached hydrogen (secondary N) is 1. The highest BCUT2D eigenvalue weighted by Crippen LogP contribution is 2.09. The molecule has 1 heterocycles. The van der Waals surface area contributed by atoms with Crippen molar-refractivity contribution in [3.8, 4) is 0 Å². The van der Waals surface area contributed by atoms with Crippen LogP contribution in [0.15, 0.2) is 0 Å². The summed E-state index contributed by atoms with van der Waals surface area (Å²) in [4.78, 5) is 14.3. The molecule has 0 amide bonds. The smallest absolute Gasteiger partial charge is 0.356 e. The van der Waals surface area contributed by atoms with Gasteiger partial charge in [-0.05, 0) is 25.6 Å². The van der Waals surface area contributed by atoms with Gasteiger partial charge in [-0.25, -0.2) is 4.79 Å². The molecule has 0 atom stereocenters. The Morgan fingerprint density at radius 1 is 1.57 bits per heavy atom. The summed E-state index contributed by atoms with van der Waals surface area (Å²) in [7, 11) is 1.83. The number of hydrogen-bond acceptors (Lipinski definition) is 3. The summed E-state index contributed by atoms with van der Waals surface area (Å²) in [6.07, 6.45) is 0.748. The van der Waals surface area contributed by atoms with Crippen LogP contribution in [-0.4, -0.2) is 22.1 Å². The van der Waals surface area contributed by atoms with Crippen molar-refractivity contribution >= 4 is 18.2 Å². The van der Waals surface area contributed by atoms with E-state index < -0.39 is 0 Å². The minimum Gasteiger partial charge on any atom is -0.461 e. The first kappa shape index (κ1) is 11.0. The Labute approximate surface area is 87.9 Å². The fraction of sp³-hybridized carbons (Fsp3) is 0.556. The van der Waals surface area contributed by atoms with Crippen LogP contribution >= 0.6 is 12.2 Å². The third-order valence-corrected chi connectivity index (χ3v) is 2.42. The molecule has 4 nitrogen and oxygen atoms in total. The van der Waals surface area contributed by atoms with Gasteiger partial charge in [0.15, 0.2) is 4.77 Å². The van der Waals surface area contributed by atoms with Gasteiger partial charge in [0.05, 0.1) is 12.3 Å². The Morgan fingerprint density at radius 3 is 2.71 bits per heavy atom. The number of aromatic amines is 1. The highest BCUT2D eigenvalue weighted by molar-refractivity contribution is 7.71. The number of carbonyl (C=O) groups excluding carboxylic acids is 1. The second-order valence-corrected chi connectivity index (χ2v) is 3.27. The molecule has 1 N–H and O–H groups in total. The van der Waals surface area contributed by atoms with Gasteiger partial charge in [-0.3, -0.25) is 0 Å². The maximum atomic E-state index is 11.5. The van der Waals surface area contributed by atoms with E-state index in [9.17, 15) is 4.79 Å². The number of esters is 1. The third-order valence-electron chi connectivity index (χ3n) is 2.04. The third kappa shape index (κ3) is 1.87. The maximum absolute atomic E-state index is 11.5. The minimum absolute atomic E-state index is 0.337. The number of nitrogens with zero attached hydrogens (tertiary/aromatic N) is 1. The number of rotatable bonds is 3. The summed E-state index contributed by atoms with van der Waals surface area (Å²) in [5.74, 6) is -0.337. The van der Waals surface area contributed by atoms with Gasteiger partial charge in [0.2, 0.25) is 0 Å². The van der Waals surface area contributed by atoms with Crippen LogP contribution in [0.1, 0.15) is 30.0 Å². The lowest BCUT2D eigenvalue weighted by Gasteiger charge is -2.02. The molecule has 5 heteroatoms. The molecule has 1 aromatic rings. The summed E-state index contributed by atoms with van der Waals surface area (Å²) in [6, 6.07) is 0. The fourth-order valence-corrected chi connectivity index (χ4v) is 1.55. The zero-order chi connectivity index (χ0) is 10.7. The standard InChI is InChI=1S/C9H14N2O2S/c1-4-6-7(8(12)13-5-2)10-9(14)11(6)3/h4-5H2,1-3H3,(H,10,14). The quantitative estimate of drug-likeness (QED) is 0.616. The molecule has 1 rings (SSSR count). The molecule has 0 saturated carbocycles. The summed E-state index contributed by atoms with van der Waals surface area (Å²) in [5.41, 5.74) is 1.36. The van der Waals surface area contributed by atoms with Crippen molar-refractivity contribution in [2.24, 2.45) is 7.05 Å². The minimum atomic E-state index is -0.337. The Balaban J connectivity index is 3.14. The van der Waals surface area contributed by atoms with Gasteiger partial charge in [-0.1, -0.05) is 6.92 Å².